The zero-order valence-corrected chi connectivity index (χ0v) is 27.7. The molecule has 1 heterocycles. The van der Waals surface area contributed by atoms with Gasteiger partial charge in [-0.1, -0.05) is 104 Å². The van der Waals surface area contributed by atoms with Crippen LogP contribution in [0.2, 0.25) is 0 Å². The second-order valence-electron chi connectivity index (χ2n) is 12.9. The number of ether oxygens (including phenoxy) is 1. The van der Waals surface area contributed by atoms with Crippen molar-refractivity contribution in [1.29, 1.82) is 0 Å². The molecule has 0 unspecified atom stereocenters. The quantitative estimate of drug-likeness (QED) is 0.0466. The molecule has 242 valence electrons. The Hall–Kier alpha value is -0.940. The van der Waals surface area contributed by atoms with Gasteiger partial charge in [-0.3, -0.25) is 4.79 Å². The summed E-state index contributed by atoms with van der Waals surface area (Å²) in [7, 11) is 0. The maximum absolute atomic E-state index is 12.2. The molecule has 1 fully saturated rings. The van der Waals surface area contributed by atoms with Gasteiger partial charge in [0.2, 0.25) is 0 Å². The van der Waals surface area contributed by atoms with E-state index in [1.807, 2.05) is 0 Å². The Morgan fingerprint density at radius 3 is 1.88 bits per heavy atom. The van der Waals surface area contributed by atoms with Gasteiger partial charge in [0.05, 0.1) is 6.61 Å². The molecule has 5 nitrogen and oxygen atoms in total. The van der Waals surface area contributed by atoms with E-state index in [-0.39, 0.29) is 5.97 Å². The first kappa shape index (κ1) is 38.1. The minimum absolute atomic E-state index is 0.0118. The third-order valence-corrected chi connectivity index (χ3v) is 9.03. The van der Waals surface area contributed by atoms with E-state index in [0.717, 1.165) is 44.3 Å². The van der Waals surface area contributed by atoms with E-state index in [9.17, 15) is 9.59 Å². The van der Waals surface area contributed by atoms with Crippen LogP contribution >= 0.6 is 0 Å². The molecule has 0 saturated carbocycles. The number of aldehydes is 1. The fraction of sp³-hybridized carbons (Fsp3) is 0.944. The van der Waals surface area contributed by atoms with Crippen LogP contribution in [-0.2, 0) is 14.3 Å². The predicted octanol–water partition coefficient (Wildman–Crippen LogP) is 9.36. The third-order valence-electron chi connectivity index (χ3n) is 9.03. The highest BCUT2D eigenvalue weighted by Crippen LogP contribution is 2.22. The average Bonchev–Trinajstić information content (AvgIpc) is 3.50. The van der Waals surface area contributed by atoms with Gasteiger partial charge in [0.15, 0.2) is 0 Å². The number of rotatable bonds is 31. The van der Waals surface area contributed by atoms with Crippen LogP contribution in [0, 0.1) is 5.92 Å². The normalized spacial score (nSPS) is 14.0. The minimum atomic E-state index is 0.0118. The average molecular weight is 579 g/mol. The summed E-state index contributed by atoms with van der Waals surface area (Å²) in [6, 6.07) is 0. The summed E-state index contributed by atoms with van der Waals surface area (Å²) in [6.45, 7) is 12.6. The zero-order valence-electron chi connectivity index (χ0n) is 27.7. The van der Waals surface area contributed by atoms with Gasteiger partial charge < -0.3 is 19.3 Å². The van der Waals surface area contributed by atoms with Gasteiger partial charge in [-0.05, 0) is 83.5 Å². The molecule has 0 radical (unpaired) electrons. The monoisotopic (exact) mass is 579 g/mol. The number of hydrogen-bond acceptors (Lipinski definition) is 5. The van der Waals surface area contributed by atoms with Crippen LogP contribution in [0.15, 0.2) is 0 Å². The topological polar surface area (TPSA) is 49.9 Å². The van der Waals surface area contributed by atoms with Crippen LogP contribution in [0.1, 0.15) is 168 Å². The molecule has 0 aromatic rings. The molecule has 0 aromatic heterocycles. The molecule has 1 aliphatic heterocycles. The largest absolute Gasteiger partial charge is 0.466 e. The SMILES string of the molecule is CCCCCC(CCCCC)CCCOC(=O)CCCCCCCN(CCCCCCCC=O)CCN1CCCC1. The van der Waals surface area contributed by atoms with E-state index in [1.54, 1.807) is 0 Å². The lowest BCUT2D eigenvalue weighted by molar-refractivity contribution is -0.144. The van der Waals surface area contributed by atoms with Gasteiger partial charge >= 0.3 is 5.97 Å². The summed E-state index contributed by atoms with van der Waals surface area (Å²) in [5.41, 5.74) is 0. The second kappa shape index (κ2) is 29.1. The Labute approximate surface area is 255 Å². The standard InChI is InChI=1S/C36H70N2O3/c1-3-5-14-23-35(24-15-6-4-2)25-22-34-41-36(40)26-16-10-9-12-18-28-37(31-32-38-29-19-20-30-38)27-17-11-7-8-13-21-33-39/h33,35H,3-32,34H2,1-2H3. The van der Waals surface area contributed by atoms with Crippen molar-refractivity contribution in [3.63, 3.8) is 0 Å². The highest BCUT2D eigenvalue weighted by molar-refractivity contribution is 5.69. The van der Waals surface area contributed by atoms with Gasteiger partial charge in [-0.25, -0.2) is 0 Å². The molecule has 0 amide bonds. The lowest BCUT2D eigenvalue weighted by Gasteiger charge is -2.25. The van der Waals surface area contributed by atoms with Gasteiger partial charge in [0, 0.05) is 25.9 Å². The number of esters is 1. The lowest BCUT2D eigenvalue weighted by atomic mass is 9.91. The molecule has 0 aromatic carbocycles. The van der Waals surface area contributed by atoms with Crippen LogP contribution in [0.3, 0.4) is 0 Å². The van der Waals surface area contributed by atoms with Crippen molar-refractivity contribution < 1.29 is 14.3 Å². The summed E-state index contributed by atoms with van der Waals surface area (Å²) < 4.78 is 5.58. The van der Waals surface area contributed by atoms with Crippen LogP contribution < -0.4 is 0 Å². The van der Waals surface area contributed by atoms with Crippen molar-refractivity contribution in [2.24, 2.45) is 5.92 Å². The van der Waals surface area contributed by atoms with E-state index < -0.39 is 0 Å². The van der Waals surface area contributed by atoms with Crippen molar-refractivity contribution in [2.45, 2.75) is 168 Å². The van der Waals surface area contributed by atoms with E-state index >= 15 is 0 Å². The van der Waals surface area contributed by atoms with Crippen molar-refractivity contribution in [3.05, 3.63) is 0 Å². The highest BCUT2D eigenvalue weighted by Gasteiger charge is 2.13. The molecule has 1 rings (SSSR count). The Balaban J connectivity index is 2.10. The molecular formula is C36H70N2O3. The number of unbranched alkanes of at least 4 members (excludes halogenated alkanes) is 13. The van der Waals surface area contributed by atoms with Gasteiger partial charge in [0.1, 0.15) is 6.29 Å². The van der Waals surface area contributed by atoms with E-state index in [2.05, 4.69) is 23.6 Å². The predicted molar refractivity (Wildman–Crippen MR) is 176 cm³/mol. The van der Waals surface area contributed by atoms with Crippen molar-refractivity contribution >= 4 is 12.3 Å². The highest BCUT2D eigenvalue weighted by atomic mass is 16.5. The van der Waals surface area contributed by atoms with Crippen LogP contribution in [-0.4, -0.2) is 67.9 Å². The Morgan fingerprint density at radius 1 is 0.707 bits per heavy atom. The molecule has 0 N–H and O–H groups in total. The first-order chi connectivity index (χ1) is 20.2. The molecular weight excluding hydrogens is 508 g/mol. The molecule has 0 atom stereocenters. The molecule has 0 aliphatic carbocycles. The summed E-state index contributed by atoms with van der Waals surface area (Å²) in [4.78, 5) is 28.0. The van der Waals surface area contributed by atoms with E-state index in [1.165, 1.54) is 155 Å². The smallest absolute Gasteiger partial charge is 0.305 e. The number of carbonyl (C=O) groups excluding carboxylic acids is 2. The Morgan fingerprint density at radius 2 is 1.27 bits per heavy atom. The van der Waals surface area contributed by atoms with Gasteiger partial charge in [-0.2, -0.15) is 0 Å². The number of likely N-dealkylation sites (tertiary alicyclic amines) is 1. The minimum Gasteiger partial charge on any atom is -0.466 e. The Kier molecular flexibility index (Phi) is 27.1. The first-order valence-corrected chi connectivity index (χ1v) is 18.2. The van der Waals surface area contributed by atoms with Gasteiger partial charge in [-0.15, -0.1) is 0 Å². The molecule has 1 aliphatic rings. The maximum atomic E-state index is 12.2. The molecule has 1 saturated heterocycles. The summed E-state index contributed by atoms with van der Waals surface area (Å²) >= 11 is 0. The van der Waals surface area contributed by atoms with Crippen LogP contribution in [0.4, 0.5) is 0 Å². The fourth-order valence-electron chi connectivity index (χ4n) is 6.28. The van der Waals surface area contributed by atoms with E-state index in [0.29, 0.717) is 13.0 Å². The molecule has 41 heavy (non-hydrogen) atoms. The van der Waals surface area contributed by atoms with Crippen molar-refractivity contribution in [2.75, 3.05) is 45.9 Å². The van der Waals surface area contributed by atoms with Crippen LogP contribution in [0.5, 0.6) is 0 Å². The summed E-state index contributed by atoms with van der Waals surface area (Å²) in [6.07, 6.45) is 30.0. The lowest BCUT2D eigenvalue weighted by Crippen LogP contribution is -2.35. The number of hydrogen-bond donors (Lipinski definition) is 0. The number of carbonyl (C=O) groups is 2. The fourth-order valence-corrected chi connectivity index (χ4v) is 6.28. The third kappa shape index (κ3) is 24.2. The first-order valence-electron chi connectivity index (χ1n) is 18.2. The van der Waals surface area contributed by atoms with Crippen LogP contribution in [0.25, 0.3) is 0 Å². The Bertz CT molecular complexity index is 569. The molecule has 5 heteroatoms. The van der Waals surface area contributed by atoms with Crippen molar-refractivity contribution in [3.8, 4) is 0 Å². The zero-order chi connectivity index (χ0) is 29.6. The van der Waals surface area contributed by atoms with Gasteiger partial charge in [0.25, 0.3) is 0 Å². The second-order valence-corrected chi connectivity index (χ2v) is 12.9. The molecule has 0 bridgehead atoms. The maximum Gasteiger partial charge on any atom is 0.305 e. The van der Waals surface area contributed by atoms with E-state index in [4.69, 9.17) is 4.74 Å². The summed E-state index contributed by atoms with van der Waals surface area (Å²) in [5.74, 6) is 0.833. The molecule has 0 spiro atoms. The number of nitrogens with zero attached hydrogens (tertiary/aromatic N) is 2. The van der Waals surface area contributed by atoms with Crippen molar-refractivity contribution in [1.82, 2.24) is 9.80 Å². The summed E-state index contributed by atoms with van der Waals surface area (Å²) in [5, 5.41) is 0.